The zero-order valence-electron chi connectivity index (χ0n) is 18.3. The number of fused-ring (bicyclic) bond motifs is 7. The van der Waals surface area contributed by atoms with Crippen LogP contribution in [0, 0.1) is 23.7 Å². The van der Waals surface area contributed by atoms with Crippen LogP contribution in [0.4, 0.5) is 4.79 Å². The Hall–Kier alpha value is -2.48. The lowest BCUT2D eigenvalue weighted by Crippen LogP contribution is -2.55. The summed E-state index contributed by atoms with van der Waals surface area (Å²) in [6, 6.07) is 5.78. The van der Waals surface area contributed by atoms with E-state index in [1.165, 1.54) is 24.2 Å². The summed E-state index contributed by atoms with van der Waals surface area (Å²) in [7, 11) is 0. The molecule has 5 unspecified atom stereocenters. The molecule has 3 saturated carbocycles. The van der Waals surface area contributed by atoms with Crippen molar-refractivity contribution in [2.45, 2.75) is 56.4 Å². The quantitative estimate of drug-likeness (QED) is 0.751. The number of nitrogens with one attached hydrogen (secondary N) is 1. The van der Waals surface area contributed by atoms with Crippen LogP contribution >= 0.6 is 0 Å². The fourth-order valence-electron chi connectivity index (χ4n) is 7.98. The van der Waals surface area contributed by atoms with Crippen molar-refractivity contribution >= 4 is 17.6 Å². The van der Waals surface area contributed by atoms with Crippen LogP contribution in [0.3, 0.4) is 0 Å². The molecule has 2 aromatic heterocycles. The van der Waals surface area contributed by atoms with E-state index in [-0.39, 0.29) is 11.9 Å². The van der Waals surface area contributed by atoms with Gasteiger partial charge in [0.05, 0.1) is 6.67 Å². The third-order valence-corrected chi connectivity index (χ3v) is 9.36. The molecule has 5 fully saturated rings. The van der Waals surface area contributed by atoms with Crippen molar-refractivity contribution in [2.75, 3.05) is 19.8 Å². The number of urea groups is 1. The summed E-state index contributed by atoms with van der Waals surface area (Å²) < 4.78 is 2.08. The first-order valence-electron chi connectivity index (χ1n) is 12.3. The van der Waals surface area contributed by atoms with Crippen LogP contribution < -0.4 is 5.32 Å². The normalized spacial score (nSPS) is 37.2. The van der Waals surface area contributed by atoms with Crippen molar-refractivity contribution in [3.05, 3.63) is 30.2 Å². The second-order valence-electron chi connectivity index (χ2n) is 10.7. The molecule has 1 spiro atoms. The number of carbonyl (C=O) groups excluding carboxylic acids is 2. The lowest BCUT2D eigenvalue weighted by atomic mass is 9.71. The Morgan fingerprint density at radius 3 is 2.78 bits per heavy atom. The third kappa shape index (κ3) is 2.53. The number of hydrogen-bond acceptors (Lipinski definition) is 5. The average molecular weight is 435 g/mol. The number of carbonyl (C=O) groups is 2. The molecule has 3 amide bonds. The highest BCUT2D eigenvalue weighted by atomic mass is 16.2. The molecule has 0 radical (unpaired) electrons. The van der Waals surface area contributed by atoms with E-state index in [9.17, 15) is 9.59 Å². The maximum atomic E-state index is 13.6. The molecule has 7 rings (SSSR count). The van der Waals surface area contributed by atoms with Crippen LogP contribution in [-0.4, -0.2) is 61.6 Å². The Morgan fingerprint density at radius 1 is 1.06 bits per heavy atom. The van der Waals surface area contributed by atoms with Gasteiger partial charge in [-0.05, 0) is 74.3 Å². The number of rotatable bonds is 3. The van der Waals surface area contributed by atoms with Crippen LogP contribution in [0.2, 0.25) is 0 Å². The Labute approximate surface area is 187 Å². The monoisotopic (exact) mass is 434 g/mol. The van der Waals surface area contributed by atoms with Crippen molar-refractivity contribution in [3.8, 4) is 0 Å². The van der Waals surface area contributed by atoms with Crippen LogP contribution in [0.15, 0.2) is 24.4 Å². The van der Waals surface area contributed by atoms with Crippen LogP contribution in [-0.2, 0) is 4.79 Å². The average Bonchev–Trinajstić information content (AvgIpc) is 3.60. The fourth-order valence-corrected chi connectivity index (χ4v) is 7.98. The van der Waals surface area contributed by atoms with Gasteiger partial charge < -0.3 is 5.32 Å². The van der Waals surface area contributed by atoms with Crippen molar-refractivity contribution in [3.63, 3.8) is 0 Å². The molecule has 3 aliphatic carbocycles. The molecule has 2 aliphatic heterocycles. The van der Waals surface area contributed by atoms with Gasteiger partial charge in [-0.3, -0.25) is 14.1 Å². The zero-order chi connectivity index (χ0) is 21.4. The topological polar surface area (TPSA) is 82.8 Å². The van der Waals surface area contributed by atoms with Gasteiger partial charge in [-0.1, -0.05) is 12.5 Å². The second kappa shape index (κ2) is 6.76. The second-order valence-corrected chi connectivity index (χ2v) is 10.7. The Bertz CT molecular complexity index is 1090. The Kier molecular flexibility index (Phi) is 4.02. The molecule has 5 atom stereocenters. The highest BCUT2D eigenvalue weighted by molar-refractivity contribution is 6.07. The van der Waals surface area contributed by atoms with Crippen LogP contribution in [0.5, 0.6) is 0 Å². The first-order valence-corrected chi connectivity index (χ1v) is 12.3. The van der Waals surface area contributed by atoms with Gasteiger partial charge in [-0.25, -0.2) is 9.69 Å². The van der Waals surface area contributed by atoms with E-state index in [0.717, 1.165) is 56.2 Å². The SMILES string of the molecule is O=C1NC2(CC3CC2C2CCCC32)C(=O)N1CN1CCC(c2nnc3ccccn23)CC1. The van der Waals surface area contributed by atoms with Gasteiger partial charge in [0.25, 0.3) is 5.91 Å². The molecule has 2 bridgehead atoms. The number of likely N-dealkylation sites (tertiary alicyclic amines) is 1. The highest BCUT2D eigenvalue weighted by Crippen LogP contribution is 2.63. The summed E-state index contributed by atoms with van der Waals surface area (Å²) in [5.41, 5.74) is 0.274. The van der Waals surface area contributed by atoms with Gasteiger partial charge in [0.15, 0.2) is 5.65 Å². The molecule has 8 nitrogen and oxygen atoms in total. The fraction of sp³-hybridized carbons (Fsp3) is 0.667. The molecule has 2 saturated heterocycles. The van der Waals surface area contributed by atoms with Crippen molar-refractivity contribution < 1.29 is 9.59 Å². The molecular formula is C24H30N6O2. The summed E-state index contributed by atoms with van der Waals surface area (Å²) >= 11 is 0. The third-order valence-electron chi connectivity index (χ3n) is 9.36. The minimum atomic E-state index is -0.605. The maximum Gasteiger partial charge on any atom is 0.326 e. The molecule has 4 heterocycles. The zero-order valence-corrected chi connectivity index (χ0v) is 18.3. The number of pyridine rings is 1. The van der Waals surface area contributed by atoms with E-state index >= 15 is 0 Å². The minimum absolute atomic E-state index is 0.0472. The van der Waals surface area contributed by atoms with E-state index in [1.54, 1.807) is 0 Å². The van der Waals surface area contributed by atoms with Gasteiger partial charge in [-0.2, -0.15) is 0 Å². The number of aromatic nitrogens is 3. The molecule has 1 N–H and O–H groups in total. The number of amides is 3. The Morgan fingerprint density at radius 2 is 1.91 bits per heavy atom. The lowest BCUT2D eigenvalue weighted by molar-refractivity contribution is -0.135. The summed E-state index contributed by atoms with van der Waals surface area (Å²) in [6.07, 6.45) is 9.78. The first kappa shape index (κ1) is 19.0. The van der Waals surface area contributed by atoms with Gasteiger partial charge >= 0.3 is 6.03 Å². The van der Waals surface area contributed by atoms with Crippen molar-refractivity contribution in [1.29, 1.82) is 0 Å². The van der Waals surface area contributed by atoms with Crippen LogP contribution in [0.1, 0.15) is 56.7 Å². The maximum absolute atomic E-state index is 13.6. The highest BCUT2D eigenvalue weighted by Gasteiger charge is 2.68. The number of nitrogens with zero attached hydrogens (tertiary/aromatic N) is 5. The van der Waals surface area contributed by atoms with E-state index in [0.29, 0.717) is 30.3 Å². The van der Waals surface area contributed by atoms with E-state index in [2.05, 4.69) is 24.8 Å². The molecule has 32 heavy (non-hydrogen) atoms. The number of piperidine rings is 1. The summed E-state index contributed by atoms with van der Waals surface area (Å²) in [5, 5.41) is 11.9. The largest absolute Gasteiger partial charge is 0.326 e. The van der Waals surface area contributed by atoms with Gasteiger partial charge in [0.2, 0.25) is 0 Å². The predicted octanol–water partition coefficient (Wildman–Crippen LogP) is 2.61. The van der Waals surface area contributed by atoms with E-state index in [4.69, 9.17) is 0 Å². The smallest absolute Gasteiger partial charge is 0.323 e. The molecule has 2 aromatic rings. The van der Waals surface area contributed by atoms with E-state index < -0.39 is 5.54 Å². The van der Waals surface area contributed by atoms with Crippen LogP contribution in [0.25, 0.3) is 5.65 Å². The summed E-state index contributed by atoms with van der Waals surface area (Å²) in [5.74, 6) is 3.85. The number of hydrogen-bond donors (Lipinski definition) is 1. The molecule has 0 aromatic carbocycles. The van der Waals surface area contributed by atoms with Gasteiger partial charge in [0, 0.05) is 25.2 Å². The molecular weight excluding hydrogens is 404 g/mol. The van der Waals surface area contributed by atoms with Gasteiger partial charge in [0.1, 0.15) is 11.4 Å². The van der Waals surface area contributed by atoms with E-state index in [1.807, 2.05) is 24.4 Å². The Balaban J connectivity index is 1.03. The molecule has 168 valence electrons. The number of imide groups is 1. The first-order chi connectivity index (χ1) is 15.6. The van der Waals surface area contributed by atoms with Crippen molar-refractivity contribution in [1.82, 2.24) is 29.7 Å². The van der Waals surface area contributed by atoms with Gasteiger partial charge in [-0.15, -0.1) is 10.2 Å². The standard InChI is InChI=1S/C24H30N6O2/c31-22-24(13-16-12-19(24)18-5-3-4-17(16)18)25-23(32)30(22)14-28-10-7-15(8-11-28)21-27-26-20-6-1-2-9-29(20)21/h1-2,6,9,15-19H,3-5,7-8,10-14H2,(H,25,32). The summed E-state index contributed by atoms with van der Waals surface area (Å²) in [6.45, 7) is 2.12. The predicted molar refractivity (Wildman–Crippen MR) is 117 cm³/mol. The molecule has 8 heteroatoms. The van der Waals surface area contributed by atoms with Crippen molar-refractivity contribution in [2.24, 2.45) is 23.7 Å². The summed E-state index contributed by atoms with van der Waals surface area (Å²) in [4.78, 5) is 30.3. The molecule has 5 aliphatic rings. The minimum Gasteiger partial charge on any atom is -0.323 e. The lowest BCUT2D eigenvalue weighted by Gasteiger charge is -2.38.